The van der Waals surface area contributed by atoms with Crippen molar-refractivity contribution in [2.24, 2.45) is 5.92 Å². The number of rotatable bonds is 10. The van der Waals surface area contributed by atoms with Crippen molar-refractivity contribution in [3.63, 3.8) is 0 Å². The molecule has 1 aliphatic heterocycles. The average molecular weight is 521 g/mol. The molecule has 3 aromatic carbocycles. The lowest BCUT2D eigenvalue weighted by molar-refractivity contribution is 0.0558. The highest BCUT2D eigenvalue weighted by molar-refractivity contribution is 5.99. The number of carbonyl (C=O) groups excluding carboxylic acids is 1. The van der Waals surface area contributed by atoms with E-state index in [0.717, 1.165) is 17.7 Å². The molecule has 0 saturated carbocycles. The molecule has 1 fully saturated rings. The Hall–Kier alpha value is -3.26. The van der Waals surface area contributed by atoms with Gasteiger partial charge >= 0.3 is 0 Å². The minimum absolute atomic E-state index is 0.0218. The third-order valence-electron chi connectivity index (χ3n) is 7.48. The Labute approximate surface area is 224 Å². The lowest BCUT2D eigenvalue weighted by Crippen LogP contribution is -2.48. The number of phenolic OH excluding ortho intramolecular Hbond substituents is 2. The van der Waals surface area contributed by atoms with E-state index in [0.29, 0.717) is 44.0 Å². The third-order valence-corrected chi connectivity index (χ3v) is 7.48. The number of likely N-dealkylation sites (N-methyl/N-ethyl adjacent to an activating group) is 1. The number of ether oxygens (including phenoxy) is 1. The highest BCUT2D eigenvalue weighted by Gasteiger charge is 2.43. The van der Waals surface area contributed by atoms with E-state index in [1.807, 2.05) is 32.3 Å². The second-order valence-electron chi connectivity index (χ2n) is 10.3. The van der Waals surface area contributed by atoms with Gasteiger partial charge in [0, 0.05) is 49.5 Å². The average Bonchev–Trinajstić information content (AvgIpc) is 2.89. The fraction of sp³-hybridized carbons (Fsp3) is 0.387. The first-order valence-electron chi connectivity index (χ1n) is 13.1. The fourth-order valence-electron chi connectivity index (χ4n) is 5.49. The molecule has 0 radical (unpaired) electrons. The van der Waals surface area contributed by atoms with Crippen LogP contribution in [0.1, 0.15) is 38.9 Å². The summed E-state index contributed by atoms with van der Waals surface area (Å²) in [6.07, 6.45) is 0. The smallest absolute Gasteiger partial charge is 0.167 e. The molecule has 3 unspecified atom stereocenters. The molecule has 1 saturated heterocycles. The quantitative estimate of drug-likeness (QED) is 0.295. The lowest BCUT2D eigenvalue weighted by atomic mass is 9.67. The van der Waals surface area contributed by atoms with E-state index in [9.17, 15) is 19.4 Å². The Morgan fingerprint density at radius 1 is 1.00 bits per heavy atom. The standard InChI is InChI=1S/C31H37FN2O4/c1-21-24(11-7-12-28(21)32)30-26(25-10-4-5-13-29(25)36)19-34(15-17-38-16-14-33(2)3)20-27(30)31(37)22-8-6-9-23(35)18-22/h4-13,18,26-27,30,35-36H,14-17,19-20H2,1-3H3. The van der Waals surface area contributed by atoms with Crippen molar-refractivity contribution in [1.29, 1.82) is 0 Å². The van der Waals surface area contributed by atoms with Gasteiger partial charge in [0.1, 0.15) is 17.3 Å². The van der Waals surface area contributed by atoms with E-state index >= 15 is 0 Å². The molecule has 3 aromatic rings. The summed E-state index contributed by atoms with van der Waals surface area (Å²) in [4.78, 5) is 18.3. The Balaban J connectivity index is 1.75. The number of likely N-dealkylation sites (tertiary alicyclic amines) is 1. The predicted molar refractivity (Wildman–Crippen MR) is 146 cm³/mol. The third kappa shape index (κ3) is 6.41. The number of para-hydroxylation sites is 1. The maximum atomic E-state index is 14.8. The number of benzene rings is 3. The molecular weight excluding hydrogens is 483 g/mol. The van der Waals surface area contributed by atoms with Crippen molar-refractivity contribution >= 4 is 5.78 Å². The fourth-order valence-corrected chi connectivity index (χ4v) is 5.49. The molecule has 7 heteroatoms. The monoisotopic (exact) mass is 520 g/mol. The topological polar surface area (TPSA) is 73.2 Å². The molecule has 6 nitrogen and oxygen atoms in total. The van der Waals surface area contributed by atoms with Crippen molar-refractivity contribution < 1.29 is 24.1 Å². The molecule has 3 atom stereocenters. The van der Waals surface area contributed by atoms with E-state index in [-0.39, 0.29) is 34.9 Å². The zero-order valence-corrected chi connectivity index (χ0v) is 22.3. The number of ketones is 1. The van der Waals surface area contributed by atoms with E-state index in [1.165, 1.54) is 18.2 Å². The van der Waals surface area contributed by atoms with Gasteiger partial charge in [-0.05, 0) is 62.0 Å². The van der Waals surface area contributed by atoms with Gasteiger partial charge in [-0.2, -0.15) is 0 Å². The second kappa shape index (κ2) is 12.5. The second-order valence-corrected chi connectivity index (χ2v) is 10.3. The van der Waals surface area contributed by atoms with Gasteiger partial charge in [-0.15, -0.1) is 0 Å². The number of aromatic hydroxyl groups is 2. The van der Waals surface area contributed by atoms with Crippen molar-refractivity contribution in [1.82, 2.24) is 9.80 Å². The minimum atomic E-state index is -0.530. The first-order valence-corrected chi connectivity index (χ1v) is 13.1. The largest absolute Gasteiger partial charge is 0.508 e. The Bertz CT molecular complexity index is 1250. The first kappa shape index (κ1) is 27.8. The molecule has 0 aliphatic carbocycles. The number of piperidine rings is 1. The van der Waals surface area contributed by atoms with Crippen LogP contribution in [0.25, 0.3) is 0 Å². The van der Waals surface area contributed by atoms with Gasteiger partial charge in [0.2, 0.25) is 0 Å². The van der Waals surface area contributed by atoms with Gasteiger partial charge in [-0.1, -0.05) is 42.5 Å². The first-order chi connectivity index (χ1) is 18.3. The van der Waals surface area contributed by atoms with Crippen LogP contribution < -0.4 is 0 Å². The summed E-state index contributed by atoms with van der Waals surface area (Å²) in [5.74, 6) is -1.43. The van der Waals surface area contributed by atoms with Gasteiger partial charge in [0.15, 0.2) is 5.78 Å². The van der Waals surface area contributed by atoms with E-state index in [2.05, 4.69) is 9.80 Å². The molecule has 1 aliphatic rings. The molecule has 202 valence electrons. The van der Waals surface area contributed by atoms with E-state index in [1.54, 1.807) is 37.3 Å². The van der Waals surface area contributed by atoms with Crippen LogP contribution in [-0.2, 0) is 4.74 Å². The molecule has 0 aromatic heterocycles. The van der Waals surface area contributed by atoms with Crippen molar-refractivity contribution in [3.8, 4) is 11.5 Å². The van der Waals surface area contributed by atoms with Gasteiger partial charge in [0.25, 0.3) is 0 Å². The summed E-state index contributed by atoms with van der Waals surface area (Å²) >= 11 is 0. The molecule has 4 rings (SSSR count). The summed E-state index contributed by atoms with van der Waals surface area (Å²) in [6.45, 7) is 5.34. The molecular formula is C31H37FN2O4. The number of hydrogen-bond donors (Lipinski definition) is 2. The summed E-state index contributed by atoms with van der Waals surface area (Å²) in [7, 11) is 3.99. The van der Waals surface area contributed by atoms with Gasteiger partial charge < -0.3 is 19.8 Å². The molecule has 1 heterocycles. The van der Waals surface area contributed by atoms with Crippen LogP contribution >= 0.6 is 0 Å². The van der Waals surface area contributed by atoms with Gasteiger partial charge in [-0.3, -0.25) is 9.69 Å². The normalized spacial score (nSPS) is 20.1. The molecule has 0 bridgehead atoms. The zero-order chi connectivity index (χ0) is 27.2. The van der Waals surface area contributed by atoms with E-state index in [4.69, 9.17) is 4.74 Å². The number of carbonyl (C=O) groups is 1. The number of Topliss-reactive ketones (excluding diaryl/α,β-unsaturated/α-hetero) is 1. The maximum Gasteiger partial charge on any atom is 0.167 e. The van der Waals surface area contributed by atoms with Crippen molar-refractivity contribution in [2.45, 2.75) is 18.8 Å². The van der Waals surface area contributed by atoms with Crippen LogP contribution in [0.15, 0.2) is 66.7 Å². The van der Waals surface area contributed by atoms with Crippen LogP contribution in [0.4, 0.5) is 4.39 Å². The Morgan fingerprint density at radius 2 is 1.74 bits per heavy atom. The number of phenols is 2. The zero-order valence-electron chi connectivity index (χ0n) is 22.3. The van der Waals surface area contributed by atoms with Crippen LogP contribution in [0.5, 0.6) is 11.5 Å². The SMILES string of the molecule is Cc1c(F)cccc1C1C(C(=O)c2cccc(O)c2)CN(CCOCCN(C)C)CC1c1ccccc1O. The Morgan fingerprint density at radius 3 is 2.47 bits per heavy atom. The molecule has 0 amide bonds. The summed E-state index contributed by atoms with van der Waals surface area (Å²) < 4.78 is 20.7. The highest BCUT2D eigenvalue weighted by Crippen LogP contribution is 2.47. The number of hydrogen-bond acceptors (Lipinski definition) is 6. The van der Waals surface area contributed by atoms with Crippen LogP contribution in [0.2, 0.25) is 0 Å². The van der Waals surface area contributed by atoms with Gasteiger partial charge in [0.05, 0.1) is 13.2 Å². The van der Waals surface area contributed by atoms with E-state index < -0.39 is 5.92 Å². The van der Waals surface area contributed by atoms with Gasteiger partial charge in [-0.25, -0.2) is 4.39 Å². The Kier molecular flexibility index (Phi) is 9.15. The van der Waals surface area contributed by atoms with Crippen LogP contribution in [0.3, 0.4) is 0 Å². The maximum absolute atomic E-state index is 14.8. The minimum Gasteiger partial charge on any atom is -0.508 e. The summed E-state index contributed by atoms with van der Waals surface area (Å²) in [5, 5.41) is 21.0. The number of nitrogens with zero attached hydrogens (tertiary/aromatic N) is 2. The summed E-state index contributed by atoms with van der Waals surface area (Å²) in [5.41, 5.74) is 2.41. The molecule has 38 heavy (non-hydrogen) atoms. The van der Waals surface area contributed by atoms with Crippen LogP contribution in [0, 0.1) is 18.7 Å². The summed E-state index contributed by atoms with van der Waals surface area (Å²) in [6, 6.07) is 18.6. The molecule has 0 spiro atoms. The van der Waals surface area contributed by atoms with Crippen molar-refractivity contribution in [3.05, 3.63) is 94.8 Å². The highest BCUT2D eigenvalue weighted by atomic mass is 19.1. The van der Waals surface area contributed by atoms with Crippen LogP contribution in [-0.4, -0.2) is 79.3 Å². The number of halogens is 1. The van der Waals surface area contributed by atoms with Crippen molar-refractivity contribution in [2.75, 3.05) is 53.5 Å². The lowest BCUT2D eigenvalue weighted by Gasteiger charge is -2.44. The predicted octanol–water partition coefficient (Wildman–Crippen LogP) is 4.81. The molecule has 2 N–H and O–H groups in total.